The lowest BCUT2D eigenvalue weighted by molar-refractivity contribution is -0.120. The standard InChI is InChI=1S/C18H17ClN2O2/c19-16-5-1-4-15(11-16)13-23-17-6-2-3-14(12-17)8-10-21-18(22)7-9-20/h1-6,11-12H,7-8,10,13H2,(H,21,22). The van der Waals surface area contributed by atoms with E-state index in [1.165, 1.54) is 0 Å². The third kappa shape index (κ3) is 6.01. The van der Waals surface area contributed by atoms with E-state index >= 15 is 0 Å². The molecule has 0 aromatic heterocycles. The van der Waals surface area contributed by atoms with Crippen molar-refractivity contribution in [3.63, 3.8) is 0 Å². The van der Waals surface area contributed by atoms with Crippen LogP contribution in [0.1, 0.15) is 17.5 Å². The Kier molecular flexibility index (Phi) is 6.46. The maximum Gasteiger partial charge on any atom is 0.234 e. The van der Waals surface area contributed by atoms with Crippen molar-refractivity contribution in [1.82, 2.24) is 5.32 Å². The number of rotatable bonds is 7. The first-order valence-corrected chi connectivity index (χ1v) is 7.65. The van der Waals surface area contributed by atoms with Gasteiger partial charge in [0, 0.05) is 11.6 Å². The predicted molar refractivity (Wildman–Crippen MR) is 89.2 cm³/mol. The molecule has 0 fully saturated rings. The van der Waals surface area contributed by atoms with Crippen molar-refractivity contribution < 1.29 is 9.53 Å². The van der Waals surface area contributed by atoms with Gasteiger partial charge in [0.2, 0.25) is 5.91 Å². The van der Waals surface area contributed by atoms with E-state index in [0.717, 1.165) is 16.9 Å². The van der Waals surface area contributed by atoms with Gasteiger partial charge in [-0.15, -0.1) is 0 Å². The van der Waals surface area contributed by atoms with Crippen molar-refractivity contribution in [3.8, 4) is 11.8 Å². The van der Waals surface area contributed by atoms with Crippen LogP contribution in [0.3, 0.4) is 0 Å². The molecule has 0 aliphatic rings. The normalized spacial score (nSPS) is 9.91. The number of ether oxygens (including phenoxy) is 1. The van der Waals surface area contributed by atoms with E-state index in [0.29, 0.717) is 24.6 Å². The van der Waals surface area contributed by atoms with Crippen LogP contribution in [-0.2, 0) is 17.8 Å². The Morgan fingerprint density at radius 1 is 1.17 bits per heavy atom. The van der Waals surface area contributed by atoms with Gasteiger partial charge in [-0.05, 0) is 41.8 Å². The van der Waals surface area contributed by atoms with Crippen molar-refractivity contribution in [2.75, 3.05) is 6.54 Å². The molecular weight excluding hydrogens is 312 g/mol. The summed E-state index contributed by atoms with van der Waals surface area (Å²) in [4.78, 5) is 11.2. The van der Waals surface area contributed by atoms with Gasteiger partial charge in [0.05, 0.1) is 6.07 Å². The van der Waals surface area contributed by atoms with Gasteiger partial charge in [0.1, 0.15) is 18.8 Å². The topological polar surface area (TPSA) is 62.1 Å². The fraction of sp³-hybridized carbons (Fsp3) is 0.222. The first-order valence-electron chi connectivity index (χ1n) is 7.27. The lowest BCUT2D eigenvalue weighted by Gasteiger charge is -2.09. The number of nitriles is 1. The van der Waals surface area contributed by atoms with Gasteiger partial charge in [-0.3, -0.25) is 4.79 Å². The van der Waals surface area contributed by atoms with E-state index in [1.807, 2.05) is 54.6 Å². The van der Waals surface area contributed by atoms with Crippen molar-refractivity contribution in [2.24, 2.45) is 0 Å². The van der Waals surface area contributed by atoms with Crippen LogP contribution in [-0.4, -0.2) is 12.5 Å². The van der Waals surface area contributed by atoms with Gasteiger partial charge in [-0.1, -0.05) is 35.9 Å². The van der Waals surface area contributed by atoms with E-state index in [1.54, 1.807) is 0 Å². The number of carbonyl (C=O) groups is 1. The minimum atomic E-state index is -0.249. The smallest absolute Gasteiger partial charge is 0.234 e. The van der Waals surface area contributed by atoms with Crippen molar-refractivity contribution in [2.45, 2.75) is 19.4 Å². The molecule has 0 heterocycles. The third-order valence-electron chi connectivity index (χ3n) is 3.17. The predicted octanol–water partition coefficient (Wildman–Crippen LogP) is 3.49. The molecule has 118 valence electrons. The first kappa shape index (κ1) is 16.9. The number of benzene rings is 2. The highest BCUT2D eigenvalue weighted by Gasteiger charge is 2.02. The van der Waals surface area contributed by atoms with E-state index < -0.39 is 0 Å². The zero-order valence-electron chi connectivity index (χ0n) is 12.6. The summed E-state index contributed by atoms with van der Waals surface area (Å²) in [7, 11) is 0. The molecule has 2 aromatic carbocycles. The van der Waals surface area contributed by atoms with Crippen LogP contribution >= 0.6 is 11.6 Å². The maximum absolute atomic E-state index is 11.2. The van der Waals surface area contributed by atoms with Crippen molar-refractivity contribution >= 4 is 17.5 Å². The Hall–Kier alpha value is -2.51. The molecule has 0 aliphatic carbocycles. The summed E-state index contributed by atoms with van der Waals surface area (Å²) in [6.45, 7) is 0.946. The summed E-state index contributed by atoms with van der Waals surface area (Å²) >= 11 is 5.95. The summed E-state index contributed by atoms with van der Waals surface area (Å²) in [5, 5.41) is 11.8. The maximum atomic E-state index is 11.2. The van der Waals surface area contributed by atoms with Gasteiger partial charge >= 0.3 is 0 Å². The second-order valence-corrected chi connectivity index (χ2v) is 5.44. The molecule has 2 aromatic rings. The lowest BCUT2D eigenvalue weighted by atomic mass is 10.1. The average Bonchev–Trinajstić information content (AvgIpc) is 2.54. The van der Waals surface area contributed by atoms with Crippen molar-refractivity contribution in [3.05, 3.63) is 64.7 Å². The Bertz CT molecular complexity index is 710. The average molecular weight is 329 g/mol. The Labute approximate surface area is 140 Å². The molecule has 5 heteroatoms. The van der Waals surface area contributed by atoms with Gasteiger partial charge in [0.25, 0.3) is 0 Å². The number of carbonyl (C=O) groups excluding carboxylic acids is 1. The second-order valence-electron chi connectivity index (χ2n) is 5.00. The van der Waals surface area contributed by atoms with Crippen molar-refractivity contribution in [1.29, 1.82) is 5.26 Å². The number of amides is 1. The molecule has 0 atom stereocenters. The number of halogens is 1. The van der Waals surface area contributed by atoms with E-state index in [2.05, 4.69) is 5.32 Å². The Balaban J connectivity index is 1.85. The summed E-state index contributed by atoms with van der Waals surface area (Å²) < 4.78 is 5.76. The van der Waals surface area contributed by atoms with Crippen LogP contribution in [0.15, 0.2) is 48.5 Å². The highest BCUT2D eigenvalue weighted by molar-refractivity contribution is 6.30. The van der Waals surface area contributed by atoms with Crippen LogP contribution < -0.4 is 10.1 Å². The summed E-state index contributed by atoms with van der Waals surface area (Å²) in [5.41, 5.74) is 2.07. The molecule has 0 saturated carbocycles. The van der Waals surface area contributed by atoms with Gasteiger partial charge < -0.3 is 10.1 Å². The summed E-state index contributed by atoms with van der Waals surface area (Å²) in [6.07, 6.45) is 0.578. The fourth-order valence-electron chi connectivity index (χ4n) is 2.06. The molecule has 0 aliphatic heterocycles. The fourth-order valence-corrected chi connectivity index (χ4v) is 2.28. The minimum Gasteiger partial charge on any atom is -0.489 e. The second kappa shape index (κ2) is 8.82. The number of nitrogens with one attached hydrogen (secondary N) is 1. The Morgan fingerprint density at radius 3 is 2.74 bits per heavy atom. The van der Waals surface area contributed by atoms with Crippen LogP contribution in [0.25, 0.3) is 0 Å². The molecule has 0 unspecified atom stereocenters. The van der Waals surface area contributed by atoms with E-state index in [-0.39, 0.29) is 12.3 Å². The summed E-state index contributed by atoms with van der Waals surface area (Å²) in [5.74, 6) is 0.520. The molecule has 0 saturated heterocycles. The highest BCUT2D eigenvalue weighted by Crippen LogP contribution is 2.17. The third-order valence-corrected chi connectivity index (χ3v) is 3.40. The van der Waals surface area contributed by atoms with E-state index in [4.69, 9.17) is 21.6 Å². The lowest BCUT2D eigenvalue weighted by Crippen LogP contribution is -2.24. The first-order chi connectivity index (χ1) is 11.2. The SMILES string of the molecule is N#CCC(=O)NCCc1cccc(OCc2cccc(Cl)c2)c1. The van der Waals surface area contributed by atoms with Gasteiger partial charge in [-0.25, -0.2) is 0 Å². The molecule has 1 amide bonds. The van der Waals surface area contributed by atoms with Crippen LogP contribution in [0, 0.1) is 11.3 Å². The van der Waals surface area contributed by atoms with Gasteiger partial charge in [-0.2, -0.15) is 5.26 Å². The number of nitrogens with zero attached hydrogens (tertiary/aromatic N) is 1. The quantitative estimate of drug-likeness (QED) is 0.846. The molecule has 0 spiro atoms. The highest BCUT2D eigenvalue weighted by atomic mass is 35.5. The molecule has 0 bridgehead atoms. The van der Waals surface area contributed by atoms with E-state index in [9.17, 15) is 4.79 Å². The molecule has 23 heavy (non-hydrogen) atoms. The zero-order chi connectivity index (χ0) is 16.5. The molecule has 4 nitrogen and oxygen atoms in total. The molecular formula is C18H17ClN2O2. The minimum absolute atomic E-state index is 0.108. The Morgan fingerprint density at radius 2 is 1.96 bits per heavy atom. The van der Waals surface area contributed by atoms with Gasteiger partial charge in [0.15, 0.2) is 0 Å². The molecule has 2 rings (SSSR count). The number of hydrogen-bond donors (Lipinski definition) is 1. The molecule has 0 radical (unpaired) electrons. The summed E-state index contributed by atoms with van der Waals surface area (Å²) in [6, 6.07) is 17.1. The zero-order valence-corrected chi connectivity index (χ0v) is 13.3. The monoisotopic (exact) mass is 328 g/mol. The van der Waals surface area contributed by atoms with Crippen LogP contribution in [0.5, 0.6) is 5.75 Å². The van der Waals surface area contributed by atoms with Crippen LogP contribution in [0.4, 0.5) is 0 Å². The van der Waals surface area contributed by atoms with Crippen LogP contribution in [0.2, 0.25) is 5.02 Å². The molecule has 1 N–H and O–H groups in total. The number of hydrogen-bond acceptors (Lipinski definition) is 3. The largest absolute Gasteiger partial charge is 0.489 e.